The zero-order valence-corrected chi connectivity index (χ0v) is 11.7. The van der Waals surface area contributed by atoms with Crippen molar-refractivity contribution in [1.82, 2.24) is 5.32 Å². The minimum Gasteiger partial charge on any atom is -0.395 e. The van der Waals surface area contributed by atoms with Crippen molar-refractivity contribution >= 4 is 7.82 Å². The van der Waals surface area contributed by atoms with Crippen molar-refractivity contribution in [2.75, 3.05) is 39.5 Å². The molecular formula is C10H20F2NO6P. The molecule has 0 aromatic heterocycles. The molecule has 0 amide bonds. The summed E-state index contributed by atoms with van der Waals surface area (Å²) in [6, 6.07) is 0. The maximum Gasteiger partial charge on any atom is 0.472 e. The Kier molecular flexibility index (Phi) is 17.7. The molecule has 0 aromatic rings. The van der Waals surface area contributed by atoms with Gasteiger partial charge in [0, 0.05) is 13.1 Å². The van der Waals surface area contributed by atoms with Gasteiger partial charge in [0.25, 0.3) is 0 Å². The van der Waals surface area contributed by atoms with Gasteiger partial charge in [-0.1, -0.05) is 0 Å². The lowest BCUT2D eigenvalue weighted by Crippen LogP contribution is -2.21. The van der Waals surface area contributed by atoms with Gasteiger partial charge < -0.3 is 20.4 Å². The molecule has 0 aromatic carbocycles. The Labute approximate surface area is 116 Å². The van der Waals surface area contributed by atoms with Crippen molar-refractivity contribution in [2.45, 2.75) is 0 Å². The van der Waals surface area contributed by atoms with Gasteiger partial charge in [-0.3, -0.25) is 9.05 Å². The van der Waals surface area contributed by atoms with Crippen LogP contribution < -0.4 is 5.32 Å². The third-order valence-corrected chi connectivity index (χ3v) is 2.37. The van der Waals surface area contributed by atoms with Crippen molar-refractivity contribution in [3.05, 3.63) is 24.8 Å². The summed E-state index contributed by atoms with van der Waals surface area (Å²) in [5.41, 5.74) is 0. The van der Waals surface area contributed by atoms with Crippen LogP contribution in [0.15, 0.2) is 24.8 Å². The van der Waals surface area contributed by atoms with Gasteiger partial charge >= 0.3 is 7.82 Å². The van der Waals surface area contributed by atoms with E-state index in [9.17, 15) is 13.3 Å². The van der Waals surface area contributed by atoms with E-state index in [1.54, 1.807) is 0 Å². The summed E-state index contributed by atoms with van der Waals surface area (Å²) in [6.45, 7) is 0.647. The zero-order valence-electron chi connectivity index (χ0n) is 10.8. The fourth-order valence-electron chi connectivity index (χ4n) is 0.668. The zero-order chi connectivity index (χ0) is 15.7. The van der Waals surface area contributed by atoms with E-state index in [4.69, 9.17) is 15.1 Å². The number of halogens is 2. The van der Waals surface area contributed by atoms with Gasteiger partial charge in [-0.25, -0.2) is 13.3 Å². The predicted molar refractivity (Wildman–Crippen MR) is 69.3 cm³/mol. The average Bonchev–Trinajstić information content (AvgIpc) is 2.40. The third kappa shape index (κ3) is 19.7. The van der Waals surface area contributed by atoms with Crippen LogP contribution in [0.1, 0.15) is 0 Å². The largest absolute Gasteiger partial charge is 0.472 e. The molecule has 0 fully saturated rings. The Morgan fingerprint density at radius 2 is 1.40 bits per heavy atom. The summed E-state index contributed by atoms with van der Waals surface area (Å²) in [6.07, 6.45) is 2.11. The fraction of sp³-hybridized carbons (Fsp3) is 0.600. The van der Waals surface area contributed by atoms with Crippen molar-refractivity contribution in [2.24, 2.45) is 0 Å². The lowest BCUT2D eigenvalue weighted by atomic mass is 10.6. The van der Waals surface area contributed by atoms with E-state index in [1.165, 1.54) is 0 Å². The summed E-state index contributed by atoms with van der Waals surface area (Å²) in [5.74, 6) is 0. The molecule has 7 nitrogen and oxygen atoms in total. The van der Waals surface area contributed by atoms with Crippen LogP contribution in [0.5, 0.6) is 0 Å². The molecule has 0 aliphatic carbocycles. The van der Waals surface area contributed by atoms with Gasteiger partial charge in [0.05, 0.1) is 39.1 Å². The van der Waals surface area contributed by atoms with Crippen molar-refractivity contribution < 1.29 is 37.5 Å². The van der Waals surface area contributed by atoms with Crippen molar-refractivity contribution in [3.8, 4) is 0 Å². The second kappa shape index (κ2) is 16.4. The van der Waals surface area contributed by atoms with Crippen LogP contribution in [0, 0.1) is 0 Å². The van der Waals surface area contributed by atoms with Gasteiger partial charge in [0.15, 0.2) is 0 Å². The lowest BCUT2D eigenvalue weighted by Gasteiger charge is -2.08. The van der Waals surface area contributed by atoms with E-state index in [2.05, 4.69) is 14.4 Å². The fourth-order valence-corrected chi connectivity index (χ4v) is 1.29. The molecule has 0 atom stereocenters. The second-order valence-electron chi connectivity index (χ2n) is 2.98. The normalized spacial score (nSPS) is 14.2. The molecule has 0 radical (unpaired) electrons. The molecule has 0 heterocycles. The second-order valence-corrected chi connectivity index (χ2v) is 4.43. The van der Waals surface area contributed by atoms with E-state index in [0.29, 0.717) is 13.1 Å². The third-order valence-electron chi connectivity index (χ3n) is 1.42. The Morgan fingerprint density at radius 1 is 1.00 bits per heavy atom. The number of rotatable bonds is 10. The quantitative estimate of drug-likeness (QED) is 0.346. The van der Waals surface area contributed by atoms with Crippen LogP contribution >= 0.6 is 7.82 Å². The molecule has 0 bridgehead atoms. The van der Waals surface area contributed by atoms with Gasteiger partial charge in [-0.15, -0.1) is 0 Å². The topological polar surface area (TPSA) is 108 Å². The van der Waals surface area contributed by atoms with E-state index in [-0.39, 0.29) is 39.1 Å². The highest BCUT2D eigenvalue weighted by Gasteiger charge is 2.18. The molecule has 0 saturated carbocycles. The number of phosphoric acid groups is 1. The van der Waals surface area contributed by atoms with Crippen LogP contribution in [0.3, 0.4) is 0 Å². The average molecular weight is 319 g/mol. The van der Waals surface area contributed by atoms with E-state index < -0.39 is 7.82 Å². The van der Waals surface area contributed by atoms with Crippen LogP contribution in [0.25, 0.3) is 0 Å². The molecule has 0 aliphatic heterocycles. The van der Waals surface area contributed by atoms with Gasteiger partial charge in [0.2, 0.25) is 0 Å². The Balaban J connectivity index is 0. The summed E-state index contributed by atoms with van der Waals surface area (Å²) in [4.78, 5) is 8.77. The molecule has 4 N–H and O–H groups in total. The van der Waals surface area contributed by atoms with Gasteiger partial charge in [0.1, 0.15) is 0 Å². The van der Waals surface area contributed by atoms with Gasteiger partial charge in [-0.2, -0.15) is 0 Å². The molecule has 10 heteroatoms. The van der Waals surface area contributed by atoms with Crippen LogP contribution in [-0.2, 0) is 13.6 Å². The molecule has 120 valence electrons. The number of nitrogens with one attached hydrogen (secondary N) is 1. The summed E-state index contributed by atoms with van der Waals surface area (Å²) in [7, 11) is -4.19. The predicted octanol–water partition coefficient (Wildman–Crippen LogP) is 0.647. The Morgan fingerprint density at radius 3 is 1.70 bits per heavy atom. The maximum absolute atomic E-state index is 11.3. The number of phosphoric ester groups is 1. The molecule has 0 rings (SSSR count). The lowest BCUT2D eigenvalue weighted by molar-refractivity contribution is 0.173. The molecule has 0 saturated heterocycles. The van der Waals surface area contributed by atoms with E-state index in [0.717, 1.165) is 12.2 Å². The first-order valence-electron chi connectivity index (χ1n) is 5.58. The highest BCUT2D eigenvalue weighted by molar-refractivity contribution is 7.47. The monoisotopic (exact) mass is 319 g/mol. The summed E-state index contributed by atoms with van der Waals surface area (Å²) < 4.78 is 41.9. The maximum atomic E-state index is 11.3. The molecule has 0 unspecified atom stereocenters. The number of aliphatic hydroxyl groups excluding tert-OH is 2. The minimum atomic E-state index is -4.19. The standard InChI is InChI=1S/C6H9F2O4P.C4H11NO2/c7-3-1-5-11-13(9,10)12-6-2-4-8;6-3-1-5-2-4-7/h1-4H,5-6H2,(H,9,10);5-7H,1-4H2. The highest BCUT2D eigenvalue weighted by Crippen LogP contribution is 2.42. The van der Waals surface area contributed by atoms with Crippen LogP contribution in [0.2, 0.25) is 0 Å². The summed E-state index contributed by atoms with van der Waals surface area (Å²) >= 11 is 0. The smallest absolute Gasteiger partial charge is 0.395 e. The van der Waals surface area contributed by atoms with E-state index >= 15 is 0 Å². The number of aliphatic hydroxyl groups is 2. The SMILES string of the molecule is O=P(O)(OCC=CF)OCC=CF.OCCNCCO. The molecule has 20 heavy (non-hydrogen) atoms. The number of hydrogen-bond acceptors (Lipinski definition) is 6. The van der Waals surface area contributed by atoms with Crippen LogP contribution in [-0.4, -0.2) is 54.6 Å². The molecular weight excluding hydrogens is 299 g/mol. The summed E-state index contributed by atoms with van der Waals surface area (Å²) in [5, 5.41) is 19.1. The van der Waals surface area contributed by atoms with E-state index in [1.807, 2.05) is 0 Å². The highest BCUT2D eigenvalue weighted by atomic mass is 31.2. The van der Waals surface area contributed by atoms with Crippen LogP contribution in [0.4, 0.5) is 8.78 Å². The minimum absolute atomic E-state index is 0.139. The first kappa shape index (κ1) is 21.6. The van der Waals surface area contributed by atoms with Gasteiger partial charge in [-0.05, 0) is 12.2 Å². The Bertz CT molecular complexity index is 279. The molecule has 0 spiro atoms. The Hall–Kier alpha value is -0.670. The first-order valence-corrected chi connectivity index (χ1v) is 7.08. The number of hydrogen-bond donors (Lipinski definition) is 4. The van der Waals surface area contributed by atoms with Crippen molar-refractivity contribution in [1.29, 1.82) is 0 Å². The van der Waals surface area contributed by atoms with Crippen molar-refractivity contribution in [3.63, 3.8) is 0 Å². The first-order chi connectivity index (χ1) is 9.54. The molecule has 0 aliphatic rings.